The summed E-state index contributed by atoms with van der Waals surface area (Å²) in [6, 6.07) is 11.0. The molecule has 0 unspecified atom stereocenters. The van der Waals surface area contributed by atoms with Gasteiger partial charge in [0.05, 0.1) is 12.7 Å². The lowest BCUT2D eigenvalue weighted by Crippen LogP contribution is -2.52. The van der Waals surface area contributed by atoms with Crippen molar-refractivity contribution in [3.63, 3.8) is 0 Å². The second-order valence-corrected chi connectivity index (χ2v) is 8.11. The number of rotatable bonds is 4. The Kier molecular flexibility index (Phi) is 5.64. The van der Waals surface area contributed by atoms with Crippen LogP contribution in [0.15, 0.2) is 30.3 Å². The Morgan fingerprint density at radius 1 is 1.20 bits per heavy atom. The molecule has 1 aromatic carbocycles. The Morgan fingerprint density at radius 3 is 2.68 bits per heavy atom. The van der Waals surface area contributed by atoms with E-state index in [1.807, 2.05) is 39.0 Å². The fourth-order valence-corrected chi connectivity index (χ4v) is 3.79. The van der Waals surface area contributed by atoms with Gasteiger partial charge in [-0.25, -0.2) is 4.79 Å². The molecule has 138 valence electrons. The molecular formula is C20H30N2O3. The molecule has 2 fully saturated rings. The van der Waals surface area contributed by atoms with Crippen LogP contribution in [0.1, 0.15) is 45.6 Å². The molecule has 0 saturated carbocycles. The molecule has 1 amide bonds. The molecule has 3 rings (SSSR count). The van der Waals surface area contributed by atoms with Crippen LogP contribution in [0.25, 0.3) is 0 Å². The summed E-state index contributed by atoms with van der Waals surface area (Å²) in [4.78, 5) is 14.4. The van der Waals surface area contributed by atoms with Gasteiger partial charge in [0.1, 0.15) is 5.60 Å². The maximum atomic E-state index is 12.0. The number of alkyl carbamates (subject to hydrolysis) is 1. The Hall–Kier alpha value is -1.59. The molecule has 1 aromatic rings. The molecule has 5 heteroatoms. The zero-order chi connectivity index (χ0) is 17.9. The molecule has 0 aliphatic carbocycles. The molecule has 0 bridgehead atoms. The monoisotopic (exact) mass is 346 g/mol. The number of amides is 1. The standard InChI is InChI=1S/C20H30N2O3/c1-20(2,3)25-19(23)21-16-9-10-17-18(11-12-22(17)13-16)24-14-15-7-5-4-6-8-15/h4-8,16-18H,9-14H2,1-3H3,(H,21,23)/t16-,17-,18-/m0/s1. The van der Waals surface area contributed by atoms with Crippen LogP contribution in [-0.4, -0.2) is 47.9 Å². The van der Waals surface area contributed by atoms with Crippen LogP contribution >= 0.6 is 0 Å². The minimum Gasteiger partial charge on any atom is -0.444 e. The van der Waals surface area contributed by atoms with E-state index in [-0.39, 0.29) is 12.1 Å². The minimum atomic E-state index is -0.453. The van der Waals surface area contributed by atoms with Gasteiger partial charge in [-0.1, -0.05) is 30.3 Å². The largest absolute Gasteiger partial charge is 0.444 e. The van der Waals surface area contributed by atoms with E-state index in [0.717, 1.165) is 32.4 Å². The Morgan fingerprint density at radius 2 is 1.96 bits per heavy atom. The van der Waals surface area contributed by atoms with E-state index in [9.17, 15) is 4.79 Å². The summed E-state index contributed by atoms with van der Waals surface area (Å²) < 4.78 is 11.6. The van der Waals surface area contributed by atoms with Crippen LogP contribution in [0.4, 0.5) is 4.79 Å². The minimum absolute atomic E-state index is 0.166. The predicted molar refractivity (Wildman–Crippen MR) is 97.4 cm³/mol. The predicted octanol–water partition coefficient (Wildman–Crippen LogP) is 3.33. The summed E-state index contributed by atoms with van der Waals surface area (Å²) in [5, 5.41) is 3.02. The van der Waals surface area contributed by atoms with Crippen LogP contribution in [-0.2, 0) is 16.1 Å². The van der Waals surface area contributed by atoms with Crippen LogP contribution in [0.2, 0.25) is 0 Å². The molecular weight excluding hydrogens is 316 g/mol. The molecule has 1 N–H and O–H groups in total. The molecule has 3 atom stereocenters. The van der Waals surface area contributed by atoms with Gasteiger partial charge in [-0.3, -0.25) is 4.90 Å². The summed E-state index contributed by atoms with van der Waals surface area (Å²) in [6.07, 6.45) is 3.08. The van der Waals surface area contributed by atoms with Gasteiger partial charge in [0.25, 0.3) is 0 Å². The highest BCUT2D eigenvalue weighted by Crippen LogP contribution is 2.30. The third-order valence-electron chi connectivity index (χ3n) is 4.89. The molecule has 2 saturated heterocycles. The van der Waals surface area contributed by atoms with Crippen LogP contribution in [0.5, 0.6) is 0 Å². The molecule has 2 aliphatic rings. The number of ether oxygens (including phenoxy) is 2. The average molecular weight is 346 g/mol. The van der Waals surface area contributed by atoms with Crippen molar-refractivity contribution in [1.82, 2.24) is 10.2 Å². The SMILES string of the molecule is CC(C)(C)OC(=O)N[C@H]1CC[C@H]2[C@@H](OCc3ccccc3)CCN2C1. The normalized spacial score (nSPS) is 26.9. The van der Waals surface area contributed by atoms with Gasteiger partial charge in [-0.05, 0) is 45.6 Å². The molecule has 2 heterocycles. The average Bonchev–Trinajstić information content (AvgIpc) is 2.94. The van der Waals surface area contributed by atoms with Gasteiger partial charge >= 0.3 is 6.09 Å². The van der Waals surface area contributed by atoms with Crippen LogP contribution in [0, 0.1) is 0 Å². The first-order valence-corrected chi connectivity index (χ1v) is 9.30. The Bertz CT molecular complexity index is 570. The van der Waals surface area contributed by atoms with E-state index < -0.39 is 5.60 Å². The lowest BCUT2D eigenvalue weighted by Gasteiger charge is -2.37. The highest BCUT2D eigenvalue weighted by molar-refractivity contribution is 5.68. The van der Waals surface area contributed by atoms with Crippen molar-refractivity contribution < 1.29 is 14.3 Å². The third kappa shape index (κ3) is 5.19. The van der Waals surface area contributed by atoms with Crippen molar-refractivity contribution in [2.24, 2.45) is 0 Å². The van der Waals surface area contributed by atoms with Crippen LogP contribution < -0.4 is 5.32 Å². The molecule has 2 aliphatic heterocycles. The van der Waals surface area contributed by atoms with Crippen molar-refractivity contribution in [3.8, 4) is 0 Å². The maximum absolute atomic E-state index is 12.0. The van der Waals surface area contributed by atoms with Crippen molar-refractivity contribution in [3.05, 3.63) is 35.9 Å². The van der Waals surface area contributed by atoms with E-state index >= 15 is 0 Å². The molecule has 5 nitrogen and oxygen atoms in total. The summed E-state index contributed by atoms with van der Waals surface area (Å²) in [6.45, 7) is 8.26. The summed E-state index contributed by atoms with van der Waals surface area (Å²) >= 11 is 0. The number of nitrogens with zero attached hydrogens (tertiary/aromatic N) is 1. The molecule has 0 radical (unpaired) electrons. The summed E-state index contributed by atoms with van der Waals surface area (Å²) in [5.41, 5.74) is 0.770. The van der Waals surface area contributed by atoms with Crippen molar-refractivity contribution in [2.45, 2.75) is 70.4 Å². The topological polar surface area (TPSA) is 50.8 Å². The number of fused-ring (bicyclic) bond motifs is 1. The van der Waals surface area contributed by atoms with Gasteiger partial charge in [0.15, 0.2) is 0 Å². The smallest absolute Gasteiger partial charge is 0.407 e. The van der Waals surface area contributed by atoms with Gasteiger partial charge in [-0.15, -0.1) is 0 Å². The molecule has 25 heavy (non-hydrogen) atoms. The van der Waals surface area contributed by atoms with Gasteiger partial charge in [-0.2, -0.15) is 0 Å². The fraction of sp³-hybridized carbons (Fsp3) is 0.650. The number of nitrogens with one attached hydrogen (secondary N) is 1. The number of carbonyl (C=O) groups is 1. The van der Waals surface area contributed by atoms with Crippen molar-refractivity contribution in [2.75, 3.05) is 13.1 Å². The van der Waals surface area contributed by atoms with Crippen molar-refractivity contribution in [1.29, 1.82) is 0 Å². The number of hydrogen-bond donors (Lipinski definition) is 1. The van der Waals surface area contributed by atoms with E-state index in [1.165, 1.54) is 5.56 Å². The second kappa shape index (κ2) is 7.75. The maximum Gasteiger partial charge on any atom is 0.407 e. The zero-order valence-electron chi connectivity index (χ0n) is 15.5. The fourth-order valence-electron chi connectivity index (χ4n) is 3.79. The van der Waals surface area contributed by atoms with Crippen LogP contribution in [0.3, 0.4) is 0 Å². The van der Waals surface area contributed by atoms with Gasteiger partial charge in [0.2, 0.25) is 0 Å². The van der Waals surface area contributed by atoms with Crippen molar-refractivity contribution >= 4 is 6.09 Å². The number of piperidine rings is 1. The van der Waals surface area contributed by atoms with Gasteiger partial charge < -0.3 is 14.8 Å². The van der Waals surface area contributed by atoms with E-state index in [4.69, 9.17) is 9.47 Å². The lowest BCUT2D eigenvalue weighted by atomic mass is 9.97. The third-order valence-corrected chi connectivity index (χ3v) is 4.89. The Balaban J connectivity index is 1.46. The van der Waals surface area contributed by atoms with Gasteiger partial charge in [0, 0.05) is 25.2 Å². The first kappa shape index (κ1) is 18.2. The quantitative estimate of drug-likeness (QED) is 0.908. The van der Waals surface area contributed by atoms with E-state index in [0.29, 0.717) is 18.8 Å². The van der Waals surface area contributed by atoms with E-state index in [1.54, 1.807) is 0 Å². The lowest BCUT2D eigenvalue weighted by molar-refractivity contribution is 0.000663. The molecule has 0 aromatic heterocycles. The first-order valence-electron chi connectivity index (χ1n) is 9.30. The number of benzene rings is 1. The summed E-state index contributed by atoms with van der Waals surface area (Å²) in [7, 11) is 0. The second-order valence-electron chi connectivity index (χ2n) is 8.11. The number of hydrogen-bond acceptors (Lipinski definition) is 4. The highest BCUT2D eigenvalue weighted by Gasteiger charge is 2.39. The highest BCUT2D eigenvalue weighted by atomic mass is 16.6. The first-order chi connectivity index (χ1) is 11.9. The zero-order valence-corrected chi connectivity index (χ0v) is 15.5. The Labute approximate surface area is 150 Å². The number of carbonyl (C=O) groups excluding carboxylic acids is 1. The molecule has 0 spiro atoms. The summed E-state index contributed by atoms with van der Waals surface area (Å²) in [5.74, 6) is 0. The van der Waals surface area contributed by atoms with E-state index in [2.05, 4.69) is 22.3 Å².